The van der Waals surface area contributed by atoms with Crippen LogP contribution in [0.5, 0.6) is 0 Å². The first-order chi connectivity index (χ1) is 9.22. The first-order valence-corrected chi connectivity index (χ1v) is 8.24. The van der Waals surface area contributed by atoms with E-state index in [1.807, 2.05) is 0 Å². The summed E-state index contributed by atoms with van der Waals surface area (Å²) in [5.74, 6) is 2.10. The van der Waals surface area contributed by atoms with Crippen LogP contribution < -0.4 is 0 Å². The summed E-state index contributed by atoms with van der Waals surface area (Å²) in [6.45, 7) is 5.26. The molecule has 0 spiro atoms. The molecule has 1 saturated carbocycles. The molecule has 0 radical (unpaired) electrons. The molecule has 112 valence electrons. The molecule has 3 atom stereocenters. The molecule has 2 nitrogen and oxygen atoms in total. The van der Waals surface area contributed by atoms with Gasteiger partial charge in [-0.2, -0.15) is 0 Å². The molecule has 1 aliphatic rings. The molecule has 1 aliphatic carbocycles. The number of hydrogen-bond acceptors (Lipinski definition) is 2. The first-order valence-electron chi connectivity index (χ1n) is 8.24. The topological polar surface area (TPSA) is 26.3 Å². The molecule has 0 aromatic heterocycles. The lowest BCUT2D eigenvalue weighted by Crippen LogP contribution is -2.22. The van der Waals surface area contributed by atoms with Gasteiger partial charge in [0.2, 0.25) is 0 Å². The van der Waals surface area contributed by atoms with E-state index < -0.39 is 0 Å². The predicted molar refractivity (Wildman–Crippen MR) is 80.3 cm³/mol. The standard InChI is InChI=1S/C17H32O2/c1-4-6-8-14(5-2)13-17(18)16-10-7-9-15(16)11-12-19-3/h14-16H,4-13H2,1-3H3. The number of methoxy groups -OCH3 is 1. The molecule has 0 heterocycles. The Bertz CT molecular complexity index is 250. The molecule has 19 heavy (non-hydrogen) atoms. The second-order valence-electron chi connectivity index (χ2n) is 6.17. The molecule has 0 amide bonds. The zero-order chi connectivity index (χ0) is 14.1. The fraction of sp³-hybridized carbons (Fsp3) is 0.941. The van der Waals surface area contributed by atoms with Crippen molar-refractivity contribution in [1.82, 2.24) is 0 Å². The maximum absolute atomic E-state index is 12.5. The van der Waals surface area contributed by atoms with Crippen LogP contribution in [0.3, 0.4) is 0 Å². The van der Waals surface area contributed by atoms with E-state index in [0.29, 0.717) is 23.5 Å². The normalized spacial score (nSPS) is 24.6. The van der Waals surface area contributed by atoms with Crippen LogP contribution in [0.1, 0.15) is 71.6 Å². The number of rotatable bonds is 10. The lowest BCUT2D eigenvalue weighted by Gasteiger charge is -2.21. The maximum Gasteiger partial charge on any atom is 0.136 e. The number of hydrogen-bond donors (Lipinski definition) is 0. The van der Waals surface area contributed by atoms with Crippen molar-refractivity contribution in [2.45, 2.75) is 71.6 Å². The van der Waals surface area contributed by atoms with Gasteiger partial charge >= 0.3 is 0 Å². The molecule has 2 heteroatoms. The van der Waals surface area contributed by atoms with Crippen molar-refractivity contribution >= 4 is 5.78 Å². The average Bonchev–Trinajstić information content (AvgIpc) is 2.89. The van der Waals surface area contributed by atoms with Crippen LogP contribution in [-0.4, -0.2) is 19.5 Å². The summed E-state index contributed by atoms with van der Waals surface area (Å²) in [5.41, 5.74) is 0. The van der Waals surface area contributed by atoms with Crippen LogP contribution in [0, 0.1) is 17.8 Å². The van der Waals surface area contributed by atoms with Gasteiger partial charge in [-0.25, -0.2) is 0 Å². The van der Waals surface area contributed by atoms with Crippen molar-refractivity contribution in [2.75, 3.05) is 13.7 Å². The lowest BCUT2D eigenvalue weighted by molar-refractivity contribution is -0.125. The Morgan fingerprint density at radius 1 is 1.32 bits per heavy atom. The van der Waals surface area contributed by atoms with Crippen LogP contribution in [-0.2, 0) is 9.53 Å². The molecule has 1 fully saturated rings. The third-order valence-electron chi connectivity index (χ3n) is 4.80. The molecule has 0 N–H and O–H groups in total. The maximum atomic E-state index is 12.5. The summed E-state index contributed by atoms with van der Waals surface area (Å²) in [4.78, 5) is 12.5. The van der Waals surface area contributed by atoms with Gasteiger partial charge in [0, 0.05) is 26.1 Å². The van der Waals surface area contributed by atoms with Crippen molar-refractivity contribution in [3.8, 4) is 0 Å². The van der Waals surface area contributed by atoms with E-state index in [2.05, 4.69) is 13.8 Å². The van der Waals surface area contributed by atoms with E-state index in [-0.39, 0.29) is 0 Å². The average molecular weight is 268 g/mol. The molecule has 0 aliphatic heterocycles. The Morgan fingerprint density at radius 3 is 2.74 bits per heavy atom. The molecule has 1 rings (SSSR count). The van der Waals surface area contributed by atoms with Gasteiger partial charge in [0.15, 0.2) is 0 Å². The highest BCUT2D eigenvalue weighted by atomic mass is 16.5. The van der Waals surface area contributed by atoms with E-state index in [1.54, 1.807) is 7.11 Å². The van der Waals surface area contributed by atoms with Crippen LogP contribution in [0.2, 0.25) is 0 Å². The summed E-state index contributed by atoms with van der Waals surface area (Å²) in [5, 5.41) is 0. The fourth-order valence-corrected chi connectivity index (χ4v) is 3.45. The Hall–Kier alpha value is -0.370. The van der Waals surface area contributed by atoms with Crippen LogP contribution in [0.4, 0.5) is 0 Å². The first kappa shape index (κ1) is 16.7. The van der Waals surface area contributed by atoms with Gasteiger partial charge in [-0.15, -0.1) is 0 Å². The van der Waals surface area contributed by atoms with Crippen molar-refractivity contribution in [3.63, 3.8) is 0 Å². The zero-order valence-electron chi connectivity index (χ0n) is 13.1. The van der Waals surface area contributed by atoms with E-state index in [0.717, 1.165) is 32.3 Å². The number of unbranched alkanes of at least 4 members (excludes halogenated alkanes) is 1. The van der Waals surface area contributed by atoms with E-state index >= 15 is 0 Å². The second kappa shape index (κ2) is 9.52. The highest BCUT2D eigenvalue weighted by Gasteiger charge is 2.32. The highest BCUT2D eigenvalue weighted by molar-refractivity contribution is 5.81. The summed E-state index contributed by atoms with van der Waals surface area (Å²) in [6, 6.07) is 0. The summed E-state index contributed by atoms with van der Waals surface area (Å²) in [7, 11) is 1.75. The Balaban J connectivity index is 2.41. The minimum Gasteiger partial charge on any atom is -0.385 e. The lowest BCUT2D eigenvalue weighted by atomic mass is 9.83. The molecule has 0 aromatic carbocycles. The van der Waals surface area contributed by atoms with E-state index in [9.17, 15) is 4.79 Å². The fourth-order valence-electron chi connectivity index (χ4n) is 3.45. The SMILES string of the molecule is CCCCC(CC)CC(=O)C1CCCC1CCOC. The number of carbonyl (C=O) groups is 1. The second-order valence-corrected chi connectivity index (χ2v) is 6.17. The van der Waals surface area contributed by atoms with Crippen LogP contribution in [0.25, 0.3) is 0 Å². The quantitative estimate of drug-likeness (QED) is 0.578. The van der Waals surface area contributed by atoms with Gasteiger partial charge in [0.1, 0.15) is 5.78 Å². The summed E-state index contributed by atoms with van der Waals surface area (Å²) >= 11 is 0. The zero-order valence-corrected chi connectivity index (χ0v) is 13.1. The number of Topliss-reactive ketones (excluding diaryl/α,β-unsaturated/α-hetero) is 1. The van der Waals surface area contributed by atoms with Crippen LogP contribution in [0.15, 0.2) is 0 Å². The summed E-state index contributed by atoms with van der Waals surface area (Å²) < 4.78 is 5.18. The number of ether oxygens (including phenoxy) is 1. The van der Waals surface area contributed by atoms with Crippen molar-refractivity contribution < 1.29 is 9.53 Å². The van der Waals surface area contributed by atoms with Crippen molar-refractivity contribution in [3.05, 3.63) is 0 Å². The highest BCUT2D eigenvalue weighted by Crippen LogP contribution is 2.36. The molecule has 0 aromatic rings. The predicted octanol–water partition coefficient (Wildman–Crippen LogP) is 4.61. The van der Waals surface area contributed by atoms with Gasteiger partial charge in [-0.1, -0.05) is 46.0 Å². The van der Waals surface area contributed by atoms with Crippen molar-refractivity contribution in [1.29, 1.82) is 0 Å². The minimum absolute atomic E-state index is 0.339. The van der Waals surface area contributed by atoms with Gasteiger partial charge in [-0.05, 0) is 31.1 Å². The molecule has 0 bridgehead atoms. The van der Waals surface area contributed by atoms with Gasteiger partial charge in [0.25, 0.3) is 0 Å². The van der Waals surface area contributed by atoms with Crippen molar-refractivity contribution in [2.24, 2.45) is 17.8 Å². The Labute approximate surface area is 119 Å². The van der Waals surface area contributed by atoms with Gasteiger partial charge in [0.05, 0.1) is 0 Å². The number of ketones is 1. The Kier molecular flexibility index (Phi) is 8.36. The minimum atomic E-state index is 0.339. The third-order valence-corrected chi connectivity index (χ3v) is 4.80. The molecule has 3 unspecified atom stereocenters. The molecular weight excluding hydrogens is 236 g/mol. The van der Waals surface area contributed by atoms with E-state index in [1.165, 1.54) is 32.1 Å². The smallest absolute Gasteiger partial charge is 0.136 e. The monoisotopic (exact) mass is 268 g/mol. The largest absolute Gasteiger partial charge is 0.385 e. The van der Waals surface area contributed by atoms with Gasteiger partial charge < -0.3 is 4.74 Å². The van der Waals surface area contributed by atoms with E-state index in [4.69, 9.17) is 4.74 Å². The number of carbonyl (C=O) groups excluding carboxylic acids is 1. The molecular formula is C17H32O2. The van der Waals surface area contributed by atoms with Gasteiger partial charge in [-0.3, -0.25) is 4.79 Å². The molecule has 0 saturated heterocycles. The Morgan fingerprint density at radius 2 is 2.11 bits per heavy atom. The summed E-state index contributed by atoms with van der Waals surface area (Å²) in [6.07, 6.45) is 10.4. The third kappa shape index (κ3) is 5.64. The van der Waals surface area contributed by atoms with Crippen LogP contribution >= 0.6 is 0 Å².